The lowest BCUT2D eigenvalue weighted by atomic mass is 9.98. The molecule has 0 aliphatic carbocycles. The van der Waals surface area contributed by atoms with Crippen LogP contribution < -0.4 is 11.1 Å². The average Bonchev–Trinajstić information content (AvgIpc) is 2.89. The number of fused-ring (bicyclic) bond motifs is 3. The van der Waals surface area contributed by atoms with Crippen LogP contribution in [0.2, 0.25) is 0 Å². The molecule has 2 amide bonds. The Bertz CT molecular complexity index is 521. The first kappa shape index (κ1) is 16.6. The van der Waals surface area contributed by atoms with Crippen LogP contribution in [0.3, 0.4) is 0 Å². The third kappa shape index (κ3) is 3.20. The summed E-state index contributed by atoms with van der Waals surface area (Å²) >= 11 is 0. The molecule has 0 bridgehead atoms. The Morgan fingerprint density at radius 3 is 2.17 bits per heavy atom. The van der Waals surface area contributed by atoms with Crippen LogP contribution in [-0.4, -0.2) is 60.6 Å². The van der Waals surface area contributed by atoms with Crippen molar-refractivity contribution < 1.29 is 33.3 Å². The molecule has 23 heavy (non-hydrogen) atoms. The number of hydrogen-bond acceptors (Lipinski definition) is 7. The molecule has 0 aromatic heterocycles. The minimum Gasteiger partial charge on any atom is -0.368 e. The Balaban J connectivity index is 1.81. The number of hydrogen-bond donors (Lipinski definition) is 2. The maximum absolute atomic E-state index is 12.3. The molecule has 9 nitrogen and oxygen atoms in total. The molecular weight excluding hydrogens is 308 g/mol. The average molecular weight is 330 g/mol. The summed E-state index contributed by atoms with van der Waals surface area (Å²) in [5.74, 6) is -2.89. The number of nitrogens with two attached hydrogens (primary N) is 1. The van der Waals surface area contributed by atoms with E-state index < -0.39 is 54.1 Å². The second kappa shape index (κ2) is 5.38. The first-order valence-electron chi connectivity index (χ1n) is 7.51. The molecule has 3 aliphatic heterocycles. The quantitative estimate of drug-likeness (QED) is 0.680. The Morgan fingerprint density at radius 2 is 1.52 bits per heavy atom. The second-order valence-electron chi connectivity index (χ2n) is 6.77. The van der Waals surface area contributed by atoms with Crippen molar-refractivity contribution in [2.24, 2.45) is 5.73 Å². The first-order chi connectivity index (χ1) is 10.6. The van der Waals surface area contributed by atoms with E-state index in [2.05, 4.69) is 5.32 Å². The Morgan fingerprint density at radius 1 is 0.957 bits per heavy atom. The molecule has 9 heteroatoms. The zero-order valence-corrected chi connectivity index (χ0v) is 13.5. The van der Waals surface area contributed by atoms with Gasteiger partial charge in [-0.15, -0.1) is 0 Å². The molecule has 3 N–H and O–H groups in total. The molecular formula is C14H22N2O7. The van der Waals surface area contributed by atoms with Gasteiger partial charge < -0.3 is 34.7 Å². The van der Waals surface area contributed by atoms with E-state index in [4.69, 9.17) is 29.4 Å². The molecule has 0 spiro atoms. The summed E-state index contributed by atoms with van der Waals surface area (Å²) in [4.78, 5) is 23.2. The van der Waals surface area contributed by atoms with Crippen molar-refractivity contribution in [1.82, 2.24) is 5.32 Å². The third-order valence-electron chi connectivity index (χ3n) is 3.85. The first-order valence-corrected chi connectivity index (χ1v) is 7.51. The number of amides is 2. The van der Waals surface area contributed by atoms with Gasteiger partial charge in [0.25, 0.3) is 5.91 Å². The van der Waals surface area contributed by atoms with Gasteiger partial charge in [0.1, 0.15) is 18.3 Å². The Labute approximate surface area is 133 Å². The fourth-order valence-electron chi connectivity index (χ4n) is 3.10. The standard InChI is InChI=1S/C14H22N2O7/c1-13(2)20-7-8(21-13)10-12(23-14(3,4)22-10)19-9(7)11(18)16-5-6(15)17/h7-10,12H,5H2,1-4H3,(H2,15,17)(H,16,18)/t7-,8-,9-,10-,12+/m1/s1. The zero-order chi connectivity index (χ0) is 17.0. The van der Waals surface area contributed by atoms with E-state index in [1.807, 2.05) is 0 Å². The van der Waals surface area contributed by atoms with Crippen molar-refractivity contribution in [2.75, 3.05) is 6.54 Å². The molecule has 0 aromatic carbocycles. The maximum atomic E-state index is 12.3. The van der Waals surface area contributed by atoms with Gasteiger partial charge in [0, 0.05) is 0 Å². The molecule has 0 aromatic rings. The third-order valence-corrected chi connectivity index (χ3v) is 3.85. The minimum absolute atomic E-state index is 0.280. The SMILES string of the molecule is CC1(C)O[C@@H]2[C@@H](O1)[C@H](C(=O)NCC(N)=O)O[C@H]1OC(C)(C)O[C@@H]12. The topological polar surface area (TPSA) is 118 Å². The fourth-order valence-corrected chi connectivity index (χ4v) is 3.10. The van der Waals surface area contributed by atoms with Crippen LogP contribution in [0.5, 0.6) is 0 Å². The molecule has 3 aliphatic rings. The molecule has 3 saturated heterocycles. The summed E-state index contributed by atoms with van der Waals surface area (Å²) < 4.78 is 28.9. The summed E-state index contributed by atoms with van der Waals surface area (Å²) in [7, 11) is 0. The summed E-state index contributed by atoms with van der Waals surface area (Å²) in [6, 6.07) is 0. The molecule has 3 fully saturated rings. The van der Waals surface area contributed by atoms with Gasteiger partial charge in [-0.2, -0.15) is 0 Å². The van der Waals surface area contributed by atoms with Crippen LogP contribution in [0.15, 0.2) is 0 Å². The zero-order valence-electron chi connectivity index (χ0n) is 13.5. The highest BCUT2D eigenvalue weighted by Gasteiger charge is 2.62. The Hall–Kier alpha value is -1.26. The summed E-state index contributed by atoms with van der Waals surface area (Å²) in [5, 5.41) is 2.42. The van der Waals surface area contributed by atoms with Crippen LogP contribution in [0.1, 0.15) is 27.7 Å². The lowest BCUT2D eigenvalue weighted by Crippen LogP contribution is -2.59. The van der Waals surface area contributed by atoms with E-state index in [1.54, 1.807) is 27.7 Å². The van der Waals surface area contributed by atoms with Crippen LogP contribution >= 0.6 is 0 Å². The predicted molar refractivity (Wildman–Crippen MR) is 74.7 cm³/mol. The molecule has 5 atom stereocenters. The van der Waals surface area contributed by atoms with Gasteiger partial charge >= 0.3 is 0 Å². The molecule has 0 saturated carbocycles. The van der Waals surface area contributed by atoms with E-state index in [-0.39, 0.29) is 6.54 Å². The van der Waals surface area contributed by atoms with E-state index in [9.17, 15) is 9.59 Å². The number of rotatable bonds is 3. The molecule has 3 heterocycles. The fraction of sp³-hybridized carbons (Fsp3) is 0.857. The number of ether oxygens (including phenoxy) is 5. The van der Waals surface area contributed by atoms with Gasteiger partial charge in [-0.25, -0.2) is 0 Å². The van der Waals surface area contributed by atoms with Crippen LogP contribution in [0.4, 0.5) is 0 Å². The van der Waals surface area contributed by atoms with E-state index >= 15 is 0 Å². The van der Waals surface area contributed by atoms with Crippen molar-refractivity contribution in [3.63, 3.8) is 0 Å². The number of carbonyl (C=O) groups excluding carboxylic acids is 2. The molecule has 0 unspecified atom stereocenters. The number of primary amides is 1. The van der Waals surface area contributed by atoms with Crippen molar-refractivity contribution in [3.05, 3.63) is 0 Å². The highest BCUT2D eigenvalue weighted by molar-refractivity contribution is 5.86. The monoisotopic (exact) mass is 330 g/mol. The van der Waals surface area contributed by atoms with Crippen molar-refractivity contribution in [2.45, 2.75) is 70.0 Å². The Kier molecular flexibility index (Phi) is 3.88. The van der Waals surface area contributed by atoms with Gasteiger partial charge in [0.2, 0.25) is 5.91 Å². The van der Waals surface area contributed by atoms with Crippen LogP contribution in [-0.2, 0) is 33.3 Å². The molecule has 130 valence electrons. The van der Waals surface area contributed by atoms with E-state index in [0.717, 1.165) is 0 Å². The lowest BCUT2D eigenvalue weighted by Gasteiger charge is -2.36. The largest absolute Gasteiger partial charge is 0.368 e. The molecule has 0 radical (unpaired) electrons. The minimum atomic E-state index is -0.986. The van der Waals surface area contributed by atoms with Gasteiger partial charge in [-0.1, -0.05) is 0 Å². The summed E-state index contributed by atoms with van der Waals surface area (Å²) in [6.07, 6.45) is -3.43. The van der Waals surface area contributed by atoms with Crippen LogP contribution in [0.25, 0.3) is 0 Å². The van der Waals surface area contributed by atoms with Gasteiger partial charge in [-0.3, -0.25) is 9.59 Å². The number of nitrogens with one attached hydrogen (secondary N) is 1. The van der Waals surface area contributed by atoms with Crippen LogP contribution in [0, 0.1) is 0 Å². The molecule has 3 rings (SSSR count). The number of carbonyl (C=O) groups is 2. The second-order valence-corrected chi connectivity index (χ2v) is 6.77. The van der Waals surface area contributed by atoms with Crippen molar-refractivity contribution in [3.8, 4) is 0 Å². The van der Waals surface area contributed by atoms with Gasteiger partial charge in [0.15, 0.2) is 24.0 Å². The van der Waals surface area contributed by atoms with E-state index in [0.29, 0.717) is 0 Å². The summed E-state index contributed by atoms with van der Waals surface area (Å²) in [6.45, 7) is 6.73. The van der Waals surface area contributed by atoms with Crippen molar-refractivity contribution in [1.29, 1.82) is 0 Å². The van der Waals surface area contributed by atoms with Gasteiger partial charge in [-0.05, 0) is 27.7 Å². The van der Waals surface area contributed by atoms with Gasteiger partial charge in [0.05, 0.1) is 6.54 Å². The maximum Gasteiger partial charge on any atom is 0.252 e. The highest BCUT2D eigenvalue weighted by atomic mass is 16.9. The lowest BCUT2D eigenvalue weighted by molar-refractivity contribution is -0.231. The van der Waals surface area contributed by atoms with Crippen molar-refractivity contribution >= 4 is 11.8 Å². The van der Waals surface area contributed by atoms with E-state index in [1.165, 1.54) is 0 Å². The normalized spacial score (nSPS) is 40.3. The summed E-state index contributed by atoms with van der Waals surface area (Å²) in [5.41, 5.74) is 5.05. The highest BCUT2D eigenvalue weighted by Crippen LogP contribution is 2.44. The smallest absolute Gasteiger partial charge is 0.252 e. The predicted octanol–water partition coefficient (Wildman–Crippen LogP) is -1.02.